The third-order valence-corrected chi connectivity index (χ3v) is 7.26. The molecule has 1 aliphatic heterocycles. The number of aryl methyl sites for hydroxylation is 1. The predicted molar refractivity (Wildman–Crippen MR) is 129 cm³/mol. The number of fused-ring (bicyclic) bond motifs is 1. The van der Waals surface area contributed by atoms with Crippen LogP contribution >= 0.6 is 0 Å². The Hall–Kier alpha value is -3.43. The van der Waals surface area contributed by atoms with Crippen LogP contribution in [0.1, 0.15) is 33.5 Å². The molecule has 0 atom stereocenters. The molecule has 0 saturated heterocycles. The van der Waals surface area contributed by atoms with Gasteiger partial charge in [-0.1, -0.05) is 42.5 Å². The van der Waals surface area contributed by atoms with Crippen LogP contribution in [0.15, 0.2) is 60.8 Å². The quantitative estimate of drug-likeness (QED) is 0.503. The SMILES string of the molecule is Cc1ncc2c(c1CNS(=O)(=O)Cc1ccccc1)CCN(C(=O)/C=C/c1cccc(F)c1F)C2. The Morgan fingerprint density at radius 1 is 1.14 bits per heavy atom. The summed E-state index contributed by atoms with van der Waals surface area (Å²) < 4.78 is 55.1. The Balaban J connectivity index is 1.45. The van der Waals surface area contributed by atoms with Gasteiger partial charge in [0.2, 0.25) is 15.9 Å². The van der Waals surface area contributed by atoms with Gasteiger partial charge in [0, 0.05) is 43.2 Å². The van der Waals surface area contributed by atoms with Crippen molar-refractivity contribution >= 4 is 22.0 Å². The van der Waals surface area contributed by atoms with Gasteiger partial charge in [0.15, 0.2) is 11.6 Å². The molecule has 9 heteroatoms. The lowest BCUT2D eigenvalue weighted by Gasteiger charge is -2.30. The highest BCUT2D eigenvalue weighted by atomic mass is 32.2. The van der Waals surface area contributed by atoms with Crippen molar-refractivity contribution in [3.8, 4) is 0 Å². The maximum Gasteiger partial charge on any atom is 0.246 e. The molecule has 0 aliphatic carbocycles. The maximum absolute atomic E-state index is 13.8. The third kappa shape index (κ3) is 5.98. The topological polar surface area (TPSA) is 79.4 Å². The number of sulfonamides is 1. The van der Waals surface area contributed by atoms with Crippen molar-refractivity contribution in [2.75, 3.05) is 6.54 Å². The molecule has 1 N–H and O–H groups in total. The van der Waals surface area contributed by atoms with Gasteiger partial charge in [-0.25, -0.2) is 21.9 Å². The largest absolute Gasteiger partial charge is 0.334 e. The van der Waals surface area contributed by atoms with Gasteiger partial charge in [0.1, 0.15) is 0 Å². The highest BCUT2D eigenvalue weighted by molar-refractivity contribution is 7.88. The normalized spacial score (nSPS) is 13.7. The summed E-state index contributed by atoms with van der Waals surface area (Å²) in [5.74, 6) is -2.42. The monoisotopic (exact) mass is 497 g/mol. The van der Waals surface area contributed by atoms with E-state index in [0.29, 0.717) is 25.1 Å². The van der Waals surface area contributed by atoms with Crippen molar-refractivity contribution in [1.82, 2.24) is 14.6 Å². The van der Waals surface area contributed by atoms with Crippen LogP contribution in [0.5, 0.6) is 0 Å². The molecule has 0 radical (unpaired) electrons. The molecule has 1 aliphatic rings. The van der Waals surface area contributed by atoms with E-state index in [-0.39, 0.29) is 23.8 Å². The number of hydrogen-bond acceptors (Lipinski definition) is 4. The van der Waals surface area contributed by atoms with Gasteiger partial charge < -0.3 is 4.90 Å². The molecule has 0 spiro atoms. The minimum absolute atomic E-state index is 0.00174. The summed E-state index contributed by atoms with van der Waals surface area (Å²) in [4.78, 5) is 18.7. The van der Waals surface area contributed by atoms with E-state index in [1.54, 1.807) is 35.4 Å². The molecule has 2 aromatic carbocycles. The molecule has 35 heavy (non-hydrogen) atoms. The molecule has 0 fully saturated rings. The van der Waals surface area contributed by atoms with E-state index in [4.69, 9.17) is 0 Å². The molecule has 1 amide bonds. The first kappa shape index (κ1) is 24.7. The number of rotatable bonds is 7. The number of hydrogen-bond donors (Lipinski definition) is 1. The van der Waals surface area contributed by atoms with Crippen LogP contribution in [-0.2, 0) is 40.1 Å². The van der Waals surface area contributed by atoms with Crippen LogP contribution < -0.4 is 4.72 Å². The minimum atomic E-state index is -3.55. The zero-order valence-electron chi connectivity index (χ0n) is 19.2. The summed E-state index contributed by atoms with van der Waals surface area (Å²) in [7, 11) is -3.55. The summed E-state index contributed by atoms with van der Waals surface area (Å²) >= 11 is 0. The highest BCUT2D eigenvalue weighted by Gasteiger charge is 2.24. The van der Waals surface area contributed by atoms with E-state index >= 15 is 0 Å². The van der Waals surface area contributed by atoms with Crippen molar-refractivity contribution in [3.63, 3.8) is 0 Å². The van der Waals surface area contributed by atoms with Crippen LogP contribution in [-0.4, -0.2) is 30.8 Å². The van der Waals surface area contributed by atoms with E-state index in [2.05, 4.69) is 9.71 Å². The molecule has 0 saturated carbocycles. The highest BCUT2D eigenvalue weighted by Crippen LogP contribution is 2.25. The number of carbonyl (C=O) groups is 1. The third-order valence-electron chi connectivity index (χ3n) is 5.96. The van der Waals surface area contributed by atoms with Gasteiger partial charge in [0.25, 0.3) is 0 Å². The second kappa shape index (κ2) is 10.5. The van der Waals surface area contributed by atoms with Crippen molar-refractivity contribution in [1.29, 1.82) is 0 Å². The summed E-state index contributed by atoms with van der Waals surface area (Å²) in [5, 5.41) is 0. The number of amides is 1. The Labute approximate surface area is 203 Å². The Bertz CT molecular complexity index is 1380. The number of nitrogens with zero attached hydrogens (tertiary/aromatic N) is 2. The molecular formula is C26H25F2N3O3S. The van der Waals surface area contributed by atoms with Crippen molar-refractivity contribution in [2.45, 2.75) is 32.2 Å². The summed E-state index contributed by atoms with van der Waals surface area (Å²) in [5.41, 5.74) is 4.04. The zero-order chi connectivity index (χ0) is 25.0. The number of benzene rings is 2. The first-order chi connectivity index (χ1) is 16.7. The average molecular weight is 498 g/mol. The van der Waals surface area contributed by atoms with Gasteiger partial charge in [-0.05, 0) is 47.7 Å². The molecule has 3 aromatic rings. The van der Waals surface area contributed by atoms with E-state index in [9.17, 15) is 22.0 Å². The number of nitrogens with one attached hydrogen (secondary N) is 1. The fourth-order valence-corrected chi connectivity index (χ4v) is 5.18. The standard InChI is InChI=1S/C26H25F2N3O3S/c1-18-23(15-30-35(33,34)17-19-6-3-2-4-7-19)22-12-13-31(16-21(22)14-29-18)25(32)11-10-20-8-5-9-24(27)26(20)28/h2-11,14,30H,12-13,15-17H2,1H3/b11-10+. The zero-order valence-corrected chi connectivity index (χ0v) is 20.0. The molecule has 4 rings (SSSR count). The lowest BCUT2D eigenvalue weighted by atomic mass is 9.95. The van der Waals surface area contributed by atoms with Gasteiger partial charge in [-0.15, -0.1) is 0 Å². The molecule has 0 unspecified atom stereocenters. The van der Waals surface area contributed by atoms with Crippen LogP contribution in [0.25, 0.3) is 6.08 Å². The van der Waals surface area contributed by atoms with E-state index in [0.717, 1.165) is 28.5 Å². The van der Waals surface area contributed by atoms with Crippen molar-refractivity contribution in [2.24, 2.45) is 0 Å². The maximum atomic E-state index is 13.8. The second-order valence-corrected chi connectivity index (χ2v) is 10.2. The molecular weight excluding hydrogens is 472 g/mol. The molecule has 182 valence electrons. The predicted octanol–water partition coefficient (Wildman–Crippen LogP) is 3.89. The first-order valence-corrected chi connectivity index (χ1v) is 12.8. The molecule has 6 nitrogen and oxygen atoms in total. The van der Waals surface area contributed by atoms with Gasteiger partial charge in [0.05, 0.1) is 5.75 Å². The van der Waals surface area contributed by atoms with Crippen LogP contribution in [0, 0.1) is 18.6 Å². The van der Waals surface area contributed by atoms with Crippen LogP contribution in [0.2, 0.25) is 0 Å². The Morgan fingerprint density at radius 3 is 2.69 bits per heavy atom. The molecule has 0 bridgehead atoms. The van der Waals surface area contributed by atoms with Crippen LogP contribution in [0.4, 0.5) is 8.78 Å². The number of halogens is 2. The fraction of sp³-hybridized carbons (Fsp3) is 0.231. The average Bonchev–Trinajstić information content (AvgIpc) is 2.84. The van der Waals surface area contributed by atoms with Gasteiger partial charge in [-0.2, -0.15) is 0 Å². The number of aromatic nitrogens is 1. The fourth-order valence-electron chi connectivity index (χ4n) is 4.09. The molecule has 1 aromatic heterocycles. The molecule has 2 heterocycles. The van der Waals surface area contributed by atoms with E-state index < -0.39 is 21.7 Å². The lowest BCUT2D eigenvalue weighted by Crippen LogP contribution is -2.36. The Morgan fingerprint density at radius 2 is 1.91 bits per heavy atom. The van der Waals surface area contributed by atoms with Crippen molar-refractivity contribution in [3.05, 3.63) is 106 Å². The smallest absolute Gasteiger partial charge is 0.246 e. The van der Waals surface area contributed by atoms with Crippen molar-refractivity contribution < 1.29 is 22.0 Å². The summed E-state index contributed by atoms with van der Waals surface area (Å²) in [6.45, 7) is 2.65. The Kier molecular flexibility index (Phi) is 7.37. The summed E-state index contributed by atoms with van der Waals surface area (Å²) in [6, 6.07) is 12.7. The van der Waals surface area contributed by atoms with Crippen LogP contribution in [0.3, 0.4) is 0 Å². The van der Waals surface area contributed by atoms with Gasteiger partial charge in [-0.3, -0.25) is 9.78 Å². The van der Waals surface area contributed by atoms with E-state index in [1.165, 1.54) is 24.3 Å². The van der Waals surface area contributed by atoms with E-state index in [1.807, 2.05) is 13.0 Å². The first-order valence-electron chi connectivity index (χ1n) is 11.1. The second-order valence-electron chi connectivity index (χ2n) is 8.38. The number of pyridine rings is 1. The van der Waals surface area contributed by atoms with Gasteiger partial charge >= 0.3 is 0 Å². The lowest BCUT2D eigenvalue weighted by molar-refractivity contribution is -0.126. The minimum Gasteiger partial charge on any atom is -0.334 e. The number of carbonyl (C=O) groups excluding carboxylic acids is 1. The summed E-state index contributed by atoms with van der Waals surface area (Å²) in [6.07, 6.45) is 4.71.